The molecule has 1 saturated carbocycles. The Hall–Kier alpha value is 0.718. The average molecular weight is 405 g/mol. The van der Waals surface area contributed by atoms with Crippen LogP contribution >= 0.6 is 7.82 Å². The molecule has 0 amide bonds. The van der Waals surface area contributed by atoms with Gasteiger partial charge in [-0.15, -0.1) is 0 Å². The third-order valence-corrected chi connectivity index (χ3v) is 1.87. The fourth-order valence-corrected chi connectivity index (χ4v) is 1.19. The van der Waals surface area contributed by atoms with E-state index >= 15 is 0 Å². The number of rotatable bonds is 0. The van der Waals surface area contributed by atoms with Crippen LogP contribution in [0.2, 0.25) is 0 Å². The molecule has 0 aliphatic heterocycles. The van der Waals surface area contributed by atoms with Gasteiger partial charge in [-0.05, 0) is 12.8 Å². The summed E-state index contributed by atoms with van der Waals surface area (Å²) in [4.78, 5) is 24.3. The molecule has 2 atom stereocenters. The maximum absolute atomic E-state index is 8.66. The molecule has 0 radical (unpaired) electrons. The zero-order valence-electron chi connectivity index (χ0n) is 7.57. The normalized spacial score (nSPS) is 26.9. The van der Waals surface area contributed by atoms with Gasteiger partial charge in [-0.2, -0.15) is 0 Å². The molecule has 1 aliphatic rings. The van der Waals surface area contributed by atoms with E-state index in [1.54, 1.807) is 0 Å². The summed E-state index contributed by atoms with van der Waals surface area (Å²) in [6.07, 6.45) is 4.80. The molecule has 0 saturated heterocycles. The van der Waals surface area contributed by atoms with Crippen LogP contribution in [0.1, 0.15) is 25.7 Å². The van der Waals surface area contributed by atoms with Crippen LogP contribution in [0.5, 0.6) is 0 Å². The van der Waals surface area contributed by atoms with Gasteiger partial charge in [0.25, 0.3) is 0 Å². The third kappa shape index (κ3) is 12.7. The van der Waals surface area contributed by atoms with Gasteiger partial charge in [0.05, 0.1) is 7.82 Å². The average Bonchev–Trinajstić information content (AvgIpc) is 1.92. The predicted molar refractivity (Wildman–Crippen MR) is 44.2 cm³/mol. The Kier molecular flexibility index (Phi) is 9.71. The van der Waals surface area contributed by atoms with Crippen molar-refractivity contribution in [1.82, 2.24) is 0 Å². The van der Waals surface area contributed by atoms with Gasteiger partial charge in [0, 0.05) is 12.1 Å². The van der Waals surface area contributed by atoms with E-state index in [-0.39, 0.29) is 33.1 Å². The first kappa shape index (κ1) is 17.1. The van der Waals surface area contributed by atoms with E-state index in [0.29, 0.717) is 0 Å². The van der Waals surface area contributed by atoms with E-state index in [1.165, 1.54) is 12.8 Å². The molecule has 8 heteroatoms. The van der Waals surface area contributed by atoms with Crippen LogP contribution in [0.25, 0.3) is 0 Å². The van der Waals surface area contributed by atoms with Crippen LogP contribution in [-0.2, 0) is 25.6 Å². The van der Waals surface area contributed by atoms with Crippen molar-refractivity contribution in [2.75, 3.05) is 0 Å². The van der Waals surface area contributed by atoms with Crippen LogP contribution in [0.15, 0.2) is 0 Å². The molecule has 1 fully saturated rings. The van der Waals surface area contributed by atoms with Crippen molar-refractivity contribution < 1.29 is 40.3 Å². The van der Waals surface area contributed by atoms with E-state index in [1.807, 2.05) is 0 Å². The Bertz CT molecular complexity index is 170. The maximum Gasteiger partial charge on any atom is 2.00 e. The number of hydrogen-bond acceptors (Lipinski definition) is 5. The molecule has 1 aliphatic carbocycles. The minimum Gasteiger partial charge on any atom is -0.790 e. The number of nitrogens with two attached hydrogens (primary N) is 2. The molecule has 0 spiro atoms. The molecule has 2 unspecified atom stereocenters. The molecular weight excluding hydrogens is 390 g/mol. The van der Waals surface area contributed by atoms with E-state index in [9.17, 15) is 0 Å². The summed E-state index contributed by atoms with van der Waals surface area (Å²) in [6, 6.07) is 0.562. The first-order chi connectivity index (χ1) is 5.80. The zero-order chi connectivity index (χ0) is 10.5. The third-order valence-electron chi connectivity index (χ3n) is 1.87. The summed E-state index contributed by atoms with van der Waals surface area (Å²) in [7, 11) is -5.14. The Labute approximate surface area is 97.6 Å². The molecule has 1 rings (SSSR count). The molecule has 14 heavy (non-hydrogen) atoms. The molecule has 0 aromatic heterocycles. The van der Waals surface area contributed by atoms with Crippen molar-refractivity contribution in [1.29, 1.82) is 0 Å². The van der Waals surface area contributed by atoms with E-state index < -0.39 is 7.82 Å². The van der Waals surface area contributed by atoms with Crippen LogP contribution in [0.4, 0.5) is 0 Å². The molecule has 5 N–H and O–H groups in total. The van der Waals surface area contributed by atoms with Gasteiger partial charge in [-0.25, -0.2) is 0 Å². The van der Waals surface area contributed by atoms with Gasteiger partial charge >= 0.3 is 21.1 Å². The van der Waals surface area contributed by atoms with Gasteiger partial charge in [-0.3, -0.25) is 0 Å². The van der Waals surface area contributed by atoms with E-state index in [0.717, 1.165) is 12.8 Å². The number of phosphoric acid groups is 1. The molecule has 0 aromatic carbocycles. The van der Waals surface area contributed by atoms with E-state index in [4.69, 9.17) is 30.7 Å². The van der Waals surface area contributed by atoms with Gasteiger partial charge in [0.1, 0.15) is 0 Å². The van der Waals surface area contributed by atoms with Crippen LogP contribution in [0, 0.1) is 0 Å². The minimum atomic E-state index is -5.14. The Morgan fingerprint density at radius 2 is 1.36 bits per heavy atom. The van der Waals surface area contributed by atoms with Crippen molar-refractivity contribution in [2.45, 2.75) is 37.8 Å². The molecule has 0 heterocycles. The summed E-state index contributed by atoms with van der Waals surface area (Å²) in [6.45, 7) is 0. The Morgan fingerprint density at radius 3 is 1.50 bits per heavy atom. The van der Waals surface area contributed by atoms with Crippen molar-refractivity contribution in [3.8, 4) is 0 Å². The van der Waals surface area contributed by atoms with Crippen molar-refractivity contribution >= 4 is 7.82 Å². The molecule has 88 valence electrons. The first-order valence-corrected chi connectivity index (χ1v) is 5.56. The quantitative estimate of drug-likeness (QED) is 0.400. The summed E-state index contributed by atoms with van der Waals surface area (Å²) in [5.74, 6) is 0. The van der Waals surface area contributed by atoms with Crippen LogP contribution in [0.3, 0.4) is 0 Å². The van der Waals surface area contributed by atoms with Crippen molar-refractivity contribution in [3.63, 3.8) is 0 Å². The molecular formula is C6H15N2O4PPt. The summed E-state index contributed by atoms with van der Waals surface area (Å²) < 4.78 is 8.66. The summed E-state index contributed by atoms with van der Waals surface area (Å²) >= 11 is 0. The second kappa shape index (κ2) is 7.94. The first-order valence-electron chi connectivity index (χ1n) is 4.06. The second-order valence-electron chi connectivity index (χ2n) is 3.08. The smallest absolute Gasteiger partial charge is 0.790 e. The largest absolute Gasteiger partial charge is 2.00 e. The maximum atomic E-state index is 8.66. The number of hydrogen-bond donors (Lipinski definition) is 3. The van der Waals surface area contributed by atoms with Gasteiger partial charge in [-0.1, -0.05) is 12.8 Å². The second-order valence-corrected chi connectivity index (χ2v) is 4.02. The summed E-state index contributed by atoms with van der Waals surface area (Å²) in [5, 5.41) is 0. The Balaban J connectivity index is 0. The Morgan fingerprint density at radius 1 is 1.14 bits per heavy atom. The van der Waals surface area contributed by atoms with Gasteiger partial charge in [0.15, 0.2) is 0 Å². The molecule has 0 aromatic rings. The SMILES string of the molecule is NC1CCCCC1N.O=P([O-])([O-])O.[Pt+2]. The fourth-order valence-electron chi connectivity index (χ4n) is 1.19. The van der Waals surface area contributed by atoms with Crippen LogP contribution in [-0.4, -0.2) is 17.0 Å². The monoisotopic (exact) mass is 405 g/mol. The minimum absolute atomic E-state index is 0. The summed E-state index contributed by atoms with van der Waals surface area (Å²) in [5.41, 5.74) is 11.3. The van der Waals surface area contributed by atoms with Crippen molar-refractivity contribution in [2.24, 2.45) is 11.5 Å². The predicted octanol–water partition coefficient (Wildman–Crippen LogP) is -1.98. The fraction of sp³-hybridized carbons (Fsp3) is 1.00. The molecule has 6 nitrogen and oxygen atoms in total. The van der Waals surface area contributed by atoms with E-state index in [2.05, 4.69) is 0 Å². The van der Waals surface area contributed by atoms with Gasteiger partial charge < -0.3 is 30.7 Å². The van der Waals surface area contributed by atoms with Crippen LogP contribution < -0.4 is 21.3 Å². The topological polar surface area (TPSA) is 135 Å². The zero-order valence-corrected chi connectivity index (χ0v) is 10.7. The standard InChI is InChI=1S/C6H14N2.H3O4P.Pt/c7-5-3-1-2-4-6(5)8;1-5(2,3)4;/h5-6H,1-4,7-8H2;(H3,1,2,3,4);/q;;+2/p-2. The van der Waals surface area contributed by atoms with Crippen molar-refractivity contribution in [3.05, 3.63) is 0 Å². The van der Waals surface area contributed by atoms with Gasteiger partial charge in [0.2, 0.25) is 0 Å². The molecule has 0 bridgehead atoms.